The highest BCUT2D eigenvalue weighted by molar-refractivity contribution is 5.18. The van der Waals surface area contributed by atoms with Crippen LogP contribution in [0.1, 0.15) is 20.3 Å². The van der Waals surface area contributed by atoms with Gasteiger partial charge in [-0.15, -0.1) is 6.58 Å². The molecule has 0 radical (unpaired) electrons. The molecule has 124 valence electrons. The van der Waals surface area contributed by atoms with Crippen LogP contribution in [0.25, 0.3) is 0 Å². The molecule has 4 fully saturated rings. The molecule has 4 aliphatic rings. The summed E-state index contributed by atoms with van der Waals surface area (Å²) in [5.41, 5.74) is 0.265. The lowest BCUT2D eigenvalue weighted by atomic mass is 9.83. The van der Waals surface area contributed by atoms with Crippen molar-refractivity contribution in [1.29, 1.82) is 0 Å². The molecule has 4 heterocycles. The van der Waals surface area contributed by atoms with Crippen molar-refractivity contribution in [3.05, 3.63) is 12.7 Å². The normalized spacial score (nSPS) is 43.3. The summed E-state index contributed by atoms with van der Waals surface area (Å²) >= 11 is 0. The first-order chi connectivity index (χ1) is 10.6. The monoisotopic (exact) mass is 306 g/mol. The van der Waals surface area contributed by atoms with E-state index in [-0.39, 0.29) is 11.3 Å². The molecule has 0 aromatic carbocycles. The molecule has 0 bridgehead atoms. The average molecular weight is 306 g/mol. The molecule has 4 rings (SSSR count). The van der Waals surface area contributed by atoms with Crippen LogP contribution in [0.2, 0.25) is 0 Å². The van der Waals surface area contributed by atoms with Crippen molar-refractivity contribution in [3.8, 4) is 0 Å². The fraction of sp³-hybridized carbons (Fsp3) is 0.882. The van der Waals surface area contributed by atoms with Gasteiger partial charge in [0.1, 0.15) is 11.3 Å². The molecule has 5 heteroatoms. The van der Waals surface area contributed by atoms with Crippen LogP contribution in [-0.4, -0.2) is 96.0 Å². The van der Waals surface area contributed by atoms with Gasteiger partial charge in [-0.1, -0.05) is 6.08 Å². The number of rotatable bonds is 4. The Morgan fingerprint density at radius 1 is 1.00 bits per heavy atom. The largest absolute Gasteiger partial charge is 0.376 e. The van der Waals surface area contributed by atoms with Crippen molar-refractivity contribution < 1.29 is 4.74 Å². The number of hydrogen-bond donors (Lipinski definition) is 0. The maximum Gasteiger partial charge on any atom is 0.104 e. The van der Waals surface area contributed by atoms with Crippen LogP contribution in [-0.2, 0) is 4.74 Å². The summed E-state index contributed by atoms with van der Waals surface area (Å²) in [6.07, 6.45) is 3.17. The Morgan fingerprint density at radius 2 is 1.68 bits per heavy atom. The van der Waals surface area contributed by atoms with Gasteiger partial charge in [0.05, 0.1) is 13.2 Å². The molecule has 4 saturated heterocycles. The summed E-state index contributed by atoms with van der Waals surface area (Å²) in [6.45, 7) is 18.6. The quantitative estimate of drug-likeness (QED) is 0.560. The Balaban J connectivity index is 1.65. The van der Waals surface area contributed by atoms with Crippen LogP contribution in [0.5, 0.6) is 0 Å². The zero-order valence-electron chi connectivity index (χ0n) is 14.1. The minimum Gasteiger partial charge on any atom is -0.376 e. The van der Waals surface area contributed by atoms with Gasteiger partial charge in [-0.25, -0.2) is 0 Å². The summed E-state index contributed by atoms with van der Waals surface area (Å²) in [5, 5.41) is 0. The smallest absolute Gasteiger partial charge is 0.104 e. The van der Waals surface area contributed by atoms with E-state index in [4.69, 9.17) is 4.74 Å². The topological polar surface area (TPSA) is 22.2 Å². The van der Waals surface area contributed by atoms with Gasteiger partial charge in [0.25, 0.3) is 0 Å². The van der Waals surface area contributed by atoms with E-state index in [1.165, 1.54) is 45.7 Å². The van der Waals surface area contributed by atoms with Gasteiger partial charge in [0.15, 0.2) is 0 Å². The summed E-state index contributed by atoms with van der Waals surface area (Å²) in [6, 6.07) is 0.519. The minimum absolute atomic E-state index is 0.117. The fourth-order valence-electron chi connectivity index (χ4n) is 5.59. The van der Waals surface area contributed by atoms with Crippen LogP contribution in [0.4, 0.5) is 0 Å². The molecule has 0 amide bonds. The fourth-order valence-corrected chi connectivity index (χ4v) is 5.59. The van der Waals surface area contributed by atoms with Crippen molar-refractivity contribution in [1.82, 2.24) is 19.6 Å². The predicted molar refractivity (Wildman–Crippen MR) is 87.7 cm³/mol. The van der Waals surface area contributed by atoms with E-state index in [0.29, 0.717) is 12.6 Å². The Hall–Kier alpha value is -0.460. The molecule has 0 aromatic heterocycles. The third-order valence-electron chi connectivity index (χ3n) is 6.83. The van der Waals surface area contributed by atoms with E-state index >= 15 is 0 Å². The lowest BCUT2D eigenvalue weighted by Crippen LogP contribution is -2.85. The Labute approximate surface area is 134 Å². The van der Waals surface area contributed by atoms with Crippen molar-refractivity contribution in [2.45, 2.75) is 37.6 Å². The van der Waals surface area contributed by atoms with E-state index < -0.39 is 0 Å². The van der Waals surface area contributed by atoms with Crippen molar-refractivity contribution in [2.75, 3.05) is 59.0 Å². The van der Waals surface area contributed by atoms with Gasteiger partial charge >= 0.3 is 0 Å². The summed E-state index contributed by atoms with van der Waals surface area (Å²) in [7, 11) is 0. The average Bonchev–Trinajstić information content (AvgIpc) is 2.79. The van der Waals surface area contributed by atoms with Crippen LogP contribution < -0.4 is 0 Å². The van der Waals surface area contributed by atoms with Crippen molar-refractivity contribution in [2.24, 2.45) is 0 Å². The molecule has 5 nitrogen and oxygen atoms in total. The highest BCUT2D eigenvalue weighted by Gasteiger charge is 2.67. The maximum atomic E-state index is 5.82. The van der Waals surface area contributed by atoms with Crippen LogP contribution in [0.3, 0.4) is 0 Å². The number of piperazine rings is 2. The third-order valence-corrected chi connectivity index (χ3v) is 6.83. The van der Waals surface area contributed by atoms with E-state index in [0.717, 1.165) is 13.2 Å². The van der Waals surface area contributed by atoms with E-state index in [9.17, 15) is 0 Å². The minimum atomic E-state index is 0.117. The second kappa shape index (κ2) is 5.28. The van der Waals surface area contributed by atoms with Gasteiger partial charge < -0.3 is 4.74 Å². The first-order valence-corrected chi connectivity index (χ1v) is 8.83. The SMILES string of the molecule is C=CCOCC1CN2CCN3CCCN4CCN1[C@]2(C)[C@@]34C. The molecule has 0 aliphatic carbocycles. The maximum absolute atomic E-state index is 5.82. The second-order valence-electron chi connectivity index (χ2n) is 7.49. The highest BCUT2D eigenvalue weighted by Crippen LogP contribution is 2.50. The second-order valence-corrected chi connectivity index (χ2v) is 7.49. The van der Waals surface area contributed by atoms with Crippen LogP contribution in [0.15, 0.2) is 12.7 Å². The van der Waals surface area contributed by atoms with Gasteiger partial charge in [0, 0.05) is 51.9 Å². The number of ether oxygens (including phenoxy) is 1. The zero-order valence-corrected chi connectivity index (χ0v) is 14.1. The Kier molecular flexibility index (Phi) is 3.62. The van der Waals surface area contributed by atoms with E-state index in [1.54, 1.807) is 0 Å². The number of nitrogens with zero attached hydrogens (tertiary/aromatic N) is 4. The molecule has 1 unspecified atom stereocenters. The Bertz CT molecular complexity index is 450. The van der Waals surface area contributed by atoms with Gasteiger partial charge in [-0.3, -0.25) is 19.6 Å². The summed E-state index contributed by atoms with van der Waals surface area (Å²) in [5.74, 6) is 0. The summed E-state index contributed by atoms with van der Waals surface area (Å²) in [4.78, 5) is 10.9. The third kappa shape index (κ3) is 1.77. The zero-order chi connectivity index (χ0) is 15.4. The molecule has 0 aromatic rings. The van der Waals surface area contributed by atoms with Crippen LogP contribution >= 0.6 is 0 Å². The van der Waals surface area contributed by atoms with Crippen molar-refractivity contribution in [3.63, 3.8) is 0 Å². The molecule has 0 saturated carbocycles. The number of hydrogen-bond acceptors (Lipinski definition) is 5. The van der Waals surface area contributed by atoms with Gasteiger partial charge in [-0.2, -0.15) is 0 Å². The Morgan fingerprint density at radius 3 is 2.41 bits per heavy atom. The standard InChI is InChI=1S/C17H30N4O/c1-4-12-22-14-15-13-20-9-8-18-6-5-7-19-10-11-21(15)17(20,3)16(18,19)2/h4,15H,1,5-14H2,2-3H3/t15?,16-,17+/m0/s1. The first-order valence-electron chi connectivity index (χ1n) is 8.83. The highest BCUT2D eigenvalue weighted by atomic mass is 16.5. The van der Waals surface area contributed by atoms with E-state index in [2.05, 4.69) is 40.0 Å². The molecular weight excluding hydrogens is 276 g/mol. The molecular formula is C17H30N4O. The van der Waals surface area contributed by atoms with Gasteiger partial charge in [0.2, 0.25) is 0 Å². The molecule has 4 aliphatic heterocycles. The van der Waals surface area contributed by atoms with Crippen molar-refractivity contribution >= 4 is 0 Å². The lowest BCUT2D eigenvalue weighted by Gasteiger charge is -2.69. The molecule has 0 spiro atoms. The molecule has 0 N–H and O–H groups in total. The molecule has 22 heavy (non-hydrogen) atoms. The lowest BCUT2D eigenvalue weighted by molar-refractivity contribution is -0.253. The van der Waals surface area contributed by atoms with Crippen LogP contribution in [0, 0.1) is 0 Å². The summed E-state index contributed by atoms with van der Waals surface area (Å²) < 4.78 is 5.82. The predicted octanol–water partition coefficient (Wildman–Crippen LogP) is 0.643. The first kappa shape index (κ1) is 15.1. The van der Waals surface area contributed by atoms with E-state index in [1.807, 2.05) is 6.08 Å². The molecule has 3 atom stereocenters. The van der Waals surface area contributed by atoms with Gasteiger partial charge in [-0.05, 0) is 20.3 Å².